The highest BCUT2D eigenvalue weighted by Gasteiger charge is 2.28. The van der Waals surface area contributed by atoms with Crippen LogP contribution >= 0.6 is 11.6 Å². The summed E-state index contributed by atoms with van der Waals surface area (Å²) in [4.78, 5) is 9.51. The van der Waals surface area contributed by atoms with Gasteiger partial charge in [-0.05, 0) is 44.5 Å². The molecule has 1 aliphatic heterocycles. The lowest BCUT2D eigenvalue weighted by Crippen LogP contribution is -2.31. The van der Waals surface area contributed by atoms with Crippen LogP contribution in [0.25, 0.3) is 10.9 Å². The number of fused-ring (bicyclic) bond motifs is 2. The number of para-hydroxylation sites is 2. The second-order valence-corrected chi connectivity index (χ2v) is 7.42. The Hall–Kier alpha value is -2.39. The van der Waals surface area contributed by atoms with Gasteiger partial charge in [0, 0.05) is 22.7 Å². The van der Waals surface area contributed by atoms with Gasteiger partial charge in [-0.3, -0.25) is 9.98 Å². The molecule has 2 aromatic carbocycles. The van der Waals surface area contributed by atoms with E-state index in [0.29, 0.717) is 17.3 Å². The standard InChI is InChI=1S/C21H19ClN2O/c1-13-6-4-7-14-10-15(11-23-18(13)14)19-16-8-5-9-17(22)20(16)25-21(2,3)12-24-19/h4-11H,12H2,1-3H3. The molecule has 0 aliphatic carbocycles. The van der Waals surface area contributed by atoms with E-state index in [1.54, 1.807) is 0 Å². The van der Waals surface area contributed by atoms with Crippen LogP contribution in [0.4, 0.5) is 0 Å². The van der Waals surface area contributed by atoms with Gasteiger partial charge in [-0.1, -0.05) is 35.9 Å². The molecule has 25 heavy (non-hydrogen) atoms. The predicted octanol–water partition coefficient (Wildman–Crippen LogP) is 5.21. The molecular weight excluding hydrogens is 332 g/mol. The van der Waals surface area contributed by atoms with Gasteiger partial charge in [0.25, 0.3) is 0 Å². The molecule has 0 bridgehead atoms. The summed E-state index contributed by atoms with van der Waals surface area (Å²) in [6.45, 7) is 6.67. The summed E-state index contributed by atoms with van der Waals surface area (Å²) >= 11 is 6.41. The highest BCUT2D eigenvalue weighted by atomic mass is 35.5. The number of aromatic nitrogens is 1. The van der Waals surface area contributed by atoms with Gasteiger partial charge in [0.05, 0.1) is 22.8 Å². The highest BCUT2D eigenvalue weighted by molar-refractivity contribution is 6.33. The van der Waals surface area contributed by atoms with Crippen LogP contribution in [0.15, 0.2) is 53.7 Å². The number of aryl methyl sites for hydroxylation is 1. The summed E-state index contributed by atoms with van der Waals surface area (Å²) in [6, 6.07) is 14.1. The first kappa shape index (κ1) is 16.1. The van der Waals surface area contributed by atoms with E-state index < -0.39 is 5.60 Å². The third kappa shape index (κ3) is 2.89. The number of hydrogen-bond acceptors (Lipinski definition) is 3. The van der Waals surface area contributed by atoms with E-state index in [-0.39, 0.29) is 0 Å². The first-order valence-corrected chi connectivity index (χ1v) is 8.70. The fourth-order valence-corrected chi connectivity index (χ4v) is 3.37. The zero-order valence-corrected chi connectivity index (χ0v) is 15.3. The minimum atomic E-state index is -0.414. The number of benzene rings is 2. The molecule has 0 fully saturated rings. The molecule has 3 nitrogen and oxygen atoms in total. The van der Waals surface area contributed by atoms with Crippen LogP contribution in [-0.2, 0) is 0 Å². The van der Waals surface area contributed by atoms with E-state index >= 15 is 0 Å². The van der Waals surface area contributed by atoms with Gasteiger partial charge < -0.3 is 4.74 Å². The molecule has 0 saturated carbocycles. The van der Waals surface area contributed by atoms with Crippen LogP contribution in [-0.4, -0.2) is 22.8 Å². The smallest absolute Gasteiger partial charge is 0.148 e. The van der Waals surface area contributed by atoms with E-state index in [2.05, 4.69) is 36.2 Å². The SMILES string of the molecule is Cc1cccc2cc(C3=NCC(C)(C)Oc4c(Cl)cccc43)cnc12. The fraction of sp³-hybridized carbons (Fsp3) is 0.238. The summed E-state index contributed by atoms with van der Waals surface area (Å²) in [5.74, 6) is 0.690. The Labute approximate surface area is 152 Å². The lowest BCUT2D eigenvalue weighted by Gasteiger charge is -2.24. The third-order valence-corrected chi connectivity index (χ3v) is 4.70. The van der Waals surface area contributed by atoms with E-state index in [1.165, 1.54) is 5.56 Å². The molecule has 0 amide bonds. The molecule has 3 aromatic rings. The van der Waals surface area contributed by atoms with Gasteiger partial charge in [0.15, 0.2) is 0 Å². The Balaban J connectivity index is 1.93. The quantitative estimate of drug-likeness (QED) is 0.604. The van der Waals surface area contributed by atoms with Gasteiger partial charge in [-0.25, -0.2) is 0 Å². The Morgan fingerprint density at radius 1 is 1.12 bits per heavy atom. The minimum Gasteiger partial charge on any atom is -0.484 e. The number of aliphatic imine (C=N–C) groups is 1. The number of halogens is 1. The first-order chi connectivity index (χ1) is 11.9. The van der Waals surface area contributed by atoms with Crippen molar-refractivity contribution >= 4 is 28.2 Å². The van der Waals surface area contributed by atoms with E-state index in [4.69, 9.17) is 21.3 Å². The van der Waals surface area contributed by atoms with Crippen molar-refractivity contribution in [2.75, 3.05) is 6.54 Å². The molecule has 0 unspecified atom stereocenters. The van der Waals surface area contributed by atoms with Gasteiger partial charge in [0.2, 0.25) is 0 Å². The van der Waals surface area contributed by atoms with Crippen molar-refractivity contribution in [3.8, 4) is 5.75 Å². The van der Waals surface area contributed by atoms with Crippen molar-refractivity contribution in [3.05, 3.63) is 70.4 Å². The average Bonchev–Trinajstić information content (AvgIpc) is 2.71. The molecule has 4 rings (SSSR count). The molecule has 0 radical (unpaired) electrons. The second-order valence-electron chi connectivity index (χ2n) is 7.01. The van der Waals surface area contributed by atoms with Crippen molar-refractivity contribution in [1.82, 2.24) is 4.98 Å². The summed E-state index contributed by atoms with van der Waals surface area (Å²) in [6.07, 6.45) is 1.89. The third-order valence-electron chi connectivity index (χ3n) is 4.40. The molecule has 0 N–H and O–H groups in total. The Morgan fingerprint density at radius 2 is 1.92 bits per heavy atom. The summed E-state index contributed by atoms with van der Waals surface area (Å²) in [5.41, 5.74) is 4.53. The van der Waals surface area contributed by atoms with Crippen molar-refractivity contribution in [1.29, 1.82) is 0 Å². The second kappa shape index (κ2) is 5.85. The molecule has 4 heteroatoms. The lowest BCUT2D eigenvalue weighted by atomic mass is 10.0. The van der Waals surface area contributed by atoms with E-state index in [1.807, 2.05) is 38.2 Å². The van der Waals surface area contributed by atoms with Crippen molar-refractivity contribution in [2.45, 2.75) is 26.4 Å². The van der Waals surface area contributed by atoms with Gasteiger partial charge in [0.1, 0.15) is 11.4 Å². The Bertz CT molecular complexity index is 1010. The lowest BCUT2D eigenvalue weighted by molar-refractivity contribution is 0.121. The highest BCUT2D eigenvalue weighted by Crippen LogP contribution is 2.36. The number of ether oxygens (including phenoxy) is 1. The zero-order chi connectivity index (χ0) is 17.6. The topological polar surface area (TPSA) is 34.5 Å². The van der Waals surface area contributed by atoms with Crippen LogP contribution in [0.2, 0.25) is 5.02 Å². The number of nitrogens with zero attached hydrogens (tertiary/aromatic N) is 2. The molecule has 1 aromatic heterocycles. The largest absolute Gasteiger partial charge is 0.484 e. The number of hydrogen-bond donors (Lipinski definition) is 0. The van der Waals surface area contributed by atoms with E-state index in [0.717, 1.165) is 27.7 Å². The van der Waals surface area contributed by atoms with Crippen LogP contribution in [0.3, 0.4) is 0 Å². The molecule has 0 spiro atoms. The molecule has 2 heterocycles. The van der Waals surface area contributed by atoms with Crippen molar-refractivity contribution in [2.24, 2.45) is 4.99 Å². The maximum absolute atomic E-state index is 6.41. The molecular formula is C21H19ClN2O. The van der Waals surface area contributed by atoms with Crippen molar-refractivity contribution in [3.63, 3.8) is 0 Å². The number of pyridine rings is 1. The molecule has 1 aliphatic rings. The van der Waals surface area contributed by atoms with Crippen LogP contribution < -0.4 is 4.74 Å². The maximum atomic E-state index is 6.41. The van der Waals surface area contributed by atoms with Crippen LogP contribution in [0.1, 0.15) is 30.5 Å². The van der Waals surface area contributed by atoms with Crippen LogP contribution in [0.5, 0.6) is 5.75 Å². The van der Waals surface area contributed by atoms with Gasteiger partial charge in [-0.2, -0.15) is 0 Å². The Kier molecular flexibility index (Phi) is 3.77. The van der Waals surface area contributed by atoms with E-state index in [9.17, 15) is 0 Å². The maximum Gasteiger partial charge on any atom is 0.148 e. The van der Waals surface area contributed by atoms with Gasteiger partial charge in [-0.15, -0.1) is 0 Å². The monoisotopic (exact) mass is 350 g/mol. The predicted molar refractivity (Wildman–Crippen MR) is 103 cm³/mol. The average molecular weight is 351 g/mol. The number of rotatable bonds is 1. The molecule has 0 atom stereocenters. The van der Waals surface area contributed by atoms with Gasteiger partial charge >= 0.3 is 0 Å². The molecule has 0 saturated heterocycles. The normalized spacial score (nSPS) is 15.9. The minimum absolute atomic E-state index is 0.414. The summed E-state index contributed by atoms with van der Waals surface area (Å²) in [7, 11) is 0. The Morgan fingerprint density at radius 3 is 2.76 bits per heavy atom. The molecule has 126 valence electrons. The van der Waals surface area contributed by atoms with Crippen LogP contribution in [0, 0.1) is 6.92 Å². The first-order valence-electron chi connectivity index (χ1n) is 8.33. The summed E-state index contributed by atoms with van der Waals surface area (Å²) in [5, 5.41) is 1.71. The fourth-order valence-electron chi connectivity index (χ4n) is 3.15. The van der Waals surface area contributed by atoms with Crippen molar-refractivity contribution < 1.29 is 4.74 Å². The zero-order valence-electron chi connectivity index (χ0n) is 14.5. The summed E-state index contributed by atoms with van der Waals surface area (Å²) < 4.78 is 6.17.